The van der Waals surface area contributed by atoms with E-state index in [1.54, 1.807) is 40.2 Å². The fourth-order valence-electron chi connectivity index (χ4n) is 4.03. The zero-order valence-corrected chi connectivity index (χ0v) is 18.5. The number of benzene rings is 2. The van der Waals surface area contributed by atoms with Gasteiger partial charge in [0.05, 0.1) is 35.0 Å². The van der Waals surface area contributed by atoms with Crippen molar-refractivity contribution in [2.24, 2.45) is 0 Å². The molecule has 1 N–H and O–H groups in total. The largest absolute Gasteiger partial charge is 0.497 e. The molecule has 0 aromatic heterocycles. The van der Waals surface area contributed by atoms with Gasteiger partial charge in [0.25, 0.3) is 5.72 Å². The van der Waals surface area contributed by atoms with Crippen LogP contribution < -0.4 is 23.8 Å². The first kappa shape index (κ1) is 20.7. The number of rotatable bonds is 6. The van der Waals surface area contributed by atoms with Gasteiger partial charge in [-0.3, -0.25) is 0 Å². The van der Waals surface area contributed by atoms with Crippen molar-refractivity contribution >= 4 is 22.6 Å². The molecule has 8 heteroatoms. The van der Waals surface area contributed by atoms with Crippen LogP contribution in [0.5, 0.6) is 23.0 Å². The molecule has 0 bridgehead atoms. The van der Waals surface area contributed by atoms with E-state index in [-0.39, 0.29) is 0 Å². The minimum atomic E-state index is -1.21. The number of thioether (sulfide) groups is 1. The smallest absolute Gasteiger partial charge is 0.316 e. The van der Waals surface area contributed by atoms with Gasteiger partial charge in [-0.1, -0.05) is 0 Å². The number of aliphatic hydroxyl groups is 1. The Balaban J connectivity index is 1.82. The Kier molecular flexibility index (Phi) is 5.71. The van der Waals surface area contributed by atoms with E-state index >= 15 is 0 Å². The van der Waals surface area contributed by atoms with Crippen LogP contribution in [0.4, 0.5) is 5.69 Å². The van der Waals surface area contributed by atoms with E-state index in [0.717, 1.165) is 46.6 Å². The molecule has 160 valence electrons. The minimum absolute atomic E-state index is 0.356. The number of amidine groups is 1. The lowest BCUT2D eigenvalue weighted by atomic mass is 10.0. The highest BCUT2D eigenvalue weighted by Crippen LogP contribution is 2.43. The maximum Gasteiger partial charge on any atom is 0.316 e. The predicted molar refractivity (Wildman–Crippen MR) is 118 cm³/mol. The lowest BCUT2D eigenvalue weighted by Crippen LogP contribution is -2.41. The van der Waals surface area contributed by atoms with Crippen molar-refractivity contribution in [3.05, 3.63) is 42.0 Å². The molecule has 7 nitrogen and oxygen atoms in total. The highest BCUT2D eigenvalue weighted by molar-refractivity contribution is 8.13. The van der Waals surface area contributed by atoms with Crippen molar-refractivity contribution in [3.63, 3.8) is 0 Å². The first-order chi connectivity index (χ1) is 14.5. The van der Waals surface area contributed by atoms with Crippen molar-refractivity contribution < 1.29 is 28.6 Å². The van der Waals surface area contributed by atoms with Gasteiger partial charge in [0, 0.05) is 17.4 Å². The molecular formula is C22H27N2O5S+. The zero-order chi connectivity index (χ0) is 21.3. The Morgan fingerprint density at radius 3 is 2.37 bits per heavy atom. The fourth-order valence-corrected chi connectivity index (χ4v) is 5.20. The van der Waals surface area contributed by atoms with Crippen LogP contribution in [0, 0.1) is 0 Å². The monoisotopic (exact) mass is 431 g/mol. The second-order valence-electron chi connectivity index (χ2n) is 7.15. The average molecular weight is 432 g/mol. The van der Waals surface area contributed by atoms with Gasteiger partial charge in [0.1, 0.15) is 5.75 Å². The summed E-state index contributed by atoms with van der Waals surface area (Å²) in [5.74, 6) is 3.68. The van der Waals surface area contributed by atoms with Gasteiger partial charge in [-0.05, 0) is 48.5 Å². The zero-order valence-electron chi connectivity index (χ0n) is 17.7. The summed E-state index contributed by atoms with van der Waals surface area (Å²) in [6.45, 7) is 1.12. The van der Waals surface area contributed by atoms with E-state index in [2.05, 4.69) is 9.48 Å². The SMILES string of the molecule is COc1ccc(OC)c(N2C[C@@](O)(c3ccc(OC)c(OC)c3)[N+]3=C2SCCC3)c1. The van der Waals surface area contributed by atoms with Crippen LogP contribution in [0.15, 0.2) is 36.4 Å². The molecule has 2 aliphatic rings. The van der Waals surface area contributed by atoms with E-state index in [9.17, 15) is 5.11 Å². The van der Waals surface area contributed by atoms with E-state index in [1.165, 1.54) is 0 Å². The summed E-state index contributed by atoms with van der Waals surface area (Å²) in [5.41, 5.74) is 0.406. The second kappa shape index (κ2) is 8.28. The molecule has 0 radical (unpaired) electrons. The normalized spacial score (nSPS) is 20.8. The summed E-state index contributed by atoms with van der Waals surface area (Å²) in [4.78, 5) is 2.11. The number of hydrogen-bond acceptors (Lipinski definition) is 7. The molecule has 0 spiro atoms. The number of β-amino-alcohol motifs (C(OH)–C–C–N with tert-alkyl or cyclic N) is 1. The third kappa shape index (κ3) is 3.33. The molecule has 0 unspecified atom stereocenters. The van der Waals surface area contributed by atoms with Crippen LogP contribution in [0.1, 0.15) is 12.0 Å². The molecule has 2 aromatic carbocycles. The molecule has 4 rings (SSSR count). The molecule has 30 heavy (non-hydrogen) atoms. The molecule has 0 saturated heterocycles. The van der Waals surface area contributed by atoms with E-state index in [1.807, 2.05) is 36.4 Å². The molecule has 0 saturated carbocycles. The number of methoxy groups -OCH3 is 4. The van der Waals surface area contributed by atoms with Gasteiger partial charge in [0.15, 0.2) is 29.5 Å². The number of hydrogen-bond donors (Lipinski definition) is 1. The topological polar surface area (TPSA) is 63.4 Å². The van der Waals surface area contributed by atoms with Crippen molar-refractivity contribution in [1.29, 1.82) is 0 Å². The standard InChI is InChI=1S/C22H27N2O5S/c1-26-16-7-9-18(27-2)17(13-16)23-14-22(25,24-10-5-11-30-21(23)24)15-6-8-19(28-3)20(12-15)29-4/h6-9,12-13,25H,5,10-11,14H2,1-4H3/q+1/t22-/m1/s1. The Labute approximate surface area is 180 Å². The minimum Gasteiger partial charge on any atom is -0.497 e. The summed E-state index contributed by atoms with van der Waals surface area (Å²) in [6.07, 6.45) is 0.993. The average Bonchev–Trinajstić information content (AvgIpc) is 3.12. The molecule has 0 amide bonds. The molecular weight excluding hydrogens is 404 g/mol. The number of anilines is 1. The highest BCUT2D eigenvalue weighted by atomic mass is 32.2. The summed E-state index contributed by atoms with van der Waals surface area (Å²) in [7, 11) is 6.50. The maximum absolute atomic E-state index is 11.9. The maximum atomic E-state index is 11.9. The summed E-state index contributed by atoms with van der Waals surface area (Å²) < 4.78 is 24.0. The van der Waals surface area contributed by atoms with Crippen LogP contribution in [0.25, 0.3) is 0 Å². The summed E-state index contributed by atoms with van der Waals surface area (Å²) >= 11 is 1.74. The Morgan fingerprint density at radius 2 is 1.67 bits per heavy atom. The Morgan fingerprint density at radius 1 is 0.933 bits per heavy atom. The number of ether oxygens (including phenoxy) is 4. The van der Waals surface area contributed by atoms with Crippen molar-refractivity contribution in [3.8, 4) is 23.0 Å². The van der Waals surface area contributed by atoms with Crippen molar-refractivity contribution in [2.75, 3.05) is 52.2 Å². The van der Waals surface area contributed by atoms with E-state index in [4.69, 9.17) is 18.9 Å². The Bertz CT molecular complexity index is 980. The van der Waals surface area contributed by atoms with Gasteiger partial charge < -0.3 is 24.1 Å². The quantitative estimate of drug-likeness (QED) is 0.706. The second-order valence-corrected chi connectivity index (χ2v) is 8.21. The summed E-state index contributed by atoms with van der Waals surface area (Å²) in [5, 5.41) is 12.9. The molecule has 0 fully saturated rings. The van der Waals surface area contributed by atoms with Crippen molar-refractivity contribution in [2.45, 2.75) is 12.1 Å². The molecule has 2 aromatic rings. The van der Waals surface area contributed by atoms with Crippen LogP contribution in [0.2, 0.25) is 0 Å². The van der Waals surface area contributed by atoms with Crippen LogP contribution >= 0.6 is 11.8 Å². The van der Waals surface area contributed by atoms with Gasteiger partial charge >= 0.3 is 5.17 Å². The van der Waals surface area contributed by atoms with Crippen LogP contribution in [0.3, 0.4) is 0 Å². The van der Waals surface area contributed by atoms with Gasteiger partial charge in [-0.25, -0.2) is 9.48 Å². The van der Waals surface area contributed by atoms with E-state index in [0.29, 0.717) is 18.0 Å². The predicted octanol–water partition coefficient (Wildman–Crippen LogP) is 2.89. The van der Waals surface area contributed by atoms with Crippen molar-refractivity contribution in [1.82, 2.24) is 0 Å². The number of nitrogens with zero attached hydrogens (tertiary/aromatic N) is 2. The first-order valence-electron chi connectivity index (χ1n) is 9.77. The lowest BCUT2D eigenvalue weighted by molar-refractivity contribution is -0.656. The van der Waals surface area contributed by atoms with Gasteiger partial charge in [-0.15, -0.1) is 0 Å². The molecule has 2 aliphatic heterocycles. The molecule has 0 aliphatic carbocycles. The van der Waals surface area contributed by atoms with Gasteiger partial charge in [0.2, 0.25) is 0 Å². The third-order valence-electron chi connectivity index (χ3n) is 5.57. The fraction of sp³-hybridized carbons (Fsp3) is 0.409. The van der Waals surface area contributed by atoms with Crippen LogP contribution in [-0.2, 0) is 5.72 Å². The third-order valence-corrected chi connectivity index (χ3v) is 6.76. The van der Waals surface area contributed by atoms with Gasteiger partial charge in [-0.2, -0.15) is 0 Å². The first-order valence-corrected chi connectivity index (χ1v) is 10.8. The Hall–Kier alpha value is -2.58. The summed E-state index contributed by atoms with van der Waals surface area (Å²) in [6, 6.07) is 11.3. The van der Waals surface area contributed by atoms with E-state index < -0.39 is 5.72 Å². The molecule has 1 atom stereocenters. The lowest BCUT2D eigenvalue weighted by Gasteiger charge is -2.25. The highest BCUT2D eigenvalue weighted by Gasteiger charge is 2.54. The molecule has 2 heterocycles. The van der Waals surface area contributed by atoms with Crippen LogP contribution in [-0.4, -0.2) is 62.1 Å².